The van der Waals surface area contributed by atoms with Crippen LogP contribution in [0, 0.1) is 0 Å². The summed E-state index contributed by atoms with van der Waals surface area (Å²) >= 11 is 2.68. The molecule has 0 aromatic heterocycles. The van der Waals surface area contributed by atoms with Gasteiger partial charge in [0.05, 0.1) is 0 Å². The molecule has 2 rings (SSSR count). The Balaban J connectivity index is 2.30. The zero-order valence-electron chi connectivity index (χ0n) is 7.63. The van der Waals surface area contributed by atoms with E-state index in [4.69, 9.17) is 9.42 Å². The van der Waals surface area contributed by atoms with Crippen molar-refractivity contribution >= 4 is 35.6 Å². The molecule has 1 unspecified atom stereocenters. The summed E-state index contributed by atoms with van der Waals surface area (Å²) in [6.07, 6.45) is 0. The predicted octanol–water partition coefficient (Wildman–Crippen LogP) is 3.76. The fraction of sp³-hybridized carbons (Fsp3) is 0. The van der Waals surface area contributed by atoms with E-state index in [1.807, 2.05) is 36.4 Å². The highest BCUT2D eigenvalue weighted by molar-refractivity contribution is 9.06. The quantitative estimate of drug-likeness (QED) is 0.873. The van der Waals surface area contributed by atoms with Crippen LogP contribution in [0.4, 0.5) is 0 Å². The van der Waals surface area contributed by atoms with Crippen molar-refractivity contribution in [2.75, 3.05) is 0 Å². The van der Waals surface area contributed by atoms with Gasteiger partial charge in [-0.3, -0.25) is 0 Å². The van der Waals surface area contributed by atoms with Crippen molar-refractivity contribution < 1.29 is 13.0 Å². The standard InChI is InChI=1S/C10H8BrO3P/c11-14-15(12)13-10-6-5-8-3-1-2-4-9(8)7-10/h1-7,12H. The van der Waals surface area contributed by atoms with Gasteiger partial charge in [0, 0.05) is 0 Å². The van der Waals surface area contributed by atoms with Gasteiger partial charge in [-0.2, -0.15) is 0 Å². The van der Waals surface area contributed by atoms with Gasteiger partial charge < -0.3 is 9.42 Å². The second-order valence-electron chi connectivity index (χ2n) is 2.91. The molecule has 3 nitrogen and oxygen atoms in total. The van der Waals surface area contributed by atoms with E-state index in [1.54, 1.807) is 6.07 Å². The molecular weight excluding hydrogens is 279 g/mol. The maximum Gasteiger partial charge on any atom is 0.406 e. The SMILES string of the molecule is OP(OBr)Oc1ccc2ccccc2c1. The first-order valence-electron chi connectivity index (χ1n) is 4.24. The Morgan fingerprint density at radius 2 is 1.80 bits per heavy atom. The van der Waals surface area contributed by atoms with E-state index in [1.165, 1.54) is 0 Å². The number of rotatable bonds is 3. The third kappa shape index (κ3) is 2.67. The minimum atomic E-state index is -1.89. The zero-order valence-corrected chi connectivity index (χ0v) is 10.1. The summed E-state index contributed by atoms with van der Waals surface area (Å²) in [5.74, 6) is 0.585. The number of halogens is 1. The van der Waals surface area contributed by atoms with Gasteiger partial charge in [0.2, 0.25) is 0 Å². The highest BCUT2D eigenvalue weighted by Crippen LogP contribution is 2.37. The lowest BCUT2D eigenvalue weighted by Gasteiger charge is -2.07. The van der Waals surface area contributed by atoms with Gasteiger partial charge in [0.1, 0.15) is 22.0 Å². The summed E-state index contributed by atoms with van der Waals surface area (Å²) < 4.78 is 9.60. The Hall–Kier alpha value is -0.670. The van der Waals surface area contributed by atoms with Crippen LogP contribution in [0.1, 0.15) is 0 Å². The van der Waals surface area contributed by atoms with Crippen molar-refractivity contribution in [2.45, 2.75) is 0 Å². The summed E-state index contributed by atoms with van der Waals surface area (Å²) in [7, 11) is -1.89. The summed E-state index contributed by atoms with van der Waals surface area (Å²) in [6, 6.07) is 13.5. The first-order valence-corrected chi connectivity index (χ1v) is 6.02. The largest absolute Gasteiger partial charge is 0.426 e. The molecule has 0 amide bonds. The van der Waals surface area contributed by atoms with Crippen LogP contribution in [0.15, 0.2) is 42.5 Å². The van der Waals surface area contributed by atoms with Gasteiger partial charge in [0.25, 0.3) is 0 Å². The van der Waals surface area contributed by atoms with Crippen molar-refractivity contribution in [3.05, 3.63) is 42.5 Å². The van der Waals surface area contributed by atoms with Gasteiger partial charge in [0.15, 0.2) is 0 Å². The lowest BCUT2D eigenvalue weighted by molar-refractivity contribution is 0.411. The molecule has 0 fully saturated rings. The zero-order chi connectivity index (χ0) is 10.7. The molecular formula is C10H8BrO3P. The van der Waals surface area contributed by atoms with Gasteiger partial charge in [-0.1, -0.05) is 30.3 Å². The molecule has 0 saturated heterocycles. The van der Waals surface area contributed by atoms with E-state index < -0.39 is 8.60 Å². The second-order valence-corrected chi connectivity index (χ2v) is 4.57. The maximum atomic E-state index is 9.16. The molecule has 0 heterocycles. The average Bonchev–Trinajstić information content (AvgIpc) is 2.29. The molecule has 0 aliphatic rings. The first-order chi connectivity index (χ1) is 7.29. The molecule has 5 heteroatoms. The van der Waals surface area contributed by atoms with E-state index in [9.17, 15) is 0 Å². The molecule has 0 saturated carbocycles. The molecule has 1 atom stereocenters. The third-order valence-corrected chi connectivity index (χ3v) is 3.19. The second kappa shape index (κ2) is 4.90. The normalized spacial score (nSPS) is 12.7. The lowest BCUT2D eigenvalue weighted by Crippen LogP contribution is -1.85. The Labute approximate surface area is 97.1 Å². The van der Waals surface area contributed by atoms with Gasteiger partial charge in [-0.15, -0.1) is 0 Å². The fourth-order valence-electron chi connectivity index (χ4n) is 1.33. The minimum absolute atomic E-state index is 0.585. The topological polar surface area (TPSA) is 38.7 Å². The predicted molar refractivity (Wildman–Crippen MR) is 63.7 cm³/mol. The van der Waals surface area contributed by atoms with Crippen LogP contribution >= 0.6 is 24.9 Å². The maximum absolute atomic E-state index is 9.16. The molecule has 0 aliphatic heterocycles. The van der Waals surface area contributed by atoms with Crippen molar-refractivity contribution in [1.29, 1.82) is 0 Å². The van der Waals surface area contributed by atoms with Crippen LogP contribution in [0.3, 0.4) is 0 Å². The monoisotopic (exact) mass is 286 g/mol. The molecule has 15 heavy (non-hydrogen) atoms. The Morgan fingerprint density at radius 1 is 1.07 bits per heavy atom. The first kappa shape index (κ1) is 10.8. The Kier molecular flexibility index (Phi) is 3.54. The van der Waals surface area contributed by atoms with Crippen molar-refractivity contribution in [3.8, 4) is 5.75 Å². The molecule has 78 valence electrons. The van der Waals surface area contributed by atoms with Gasteiger partial charge >= 0.3 is 8.60 Å². The summed E-state index contributed by atoms with van der Waals surface area (Å²) in [6.45, 7) is 0. The van der Waals surface area contributed by atoms with Crippen molar-refractivity contribution in [2.24, 2.45) is 0 Å². The third-order valence-electron chi connectivity index (χ3n) is 1.96. The molecule has 1 N–H and O–H groups in total. The van der Waals surface area contributed by atoms with Crippen LogP contribution in [0.5, 0.6) is 5.75 Å². The van der Waals surface area contributed by atoms with Gasteiger partial charge in [-0.05, 0) is 22.9 Å². The van der Waals surface area contributed by atoms with Crippen molar-refractivity contribution in [1.82, 2.24) is 0 Å². The molecule has 0 bridgehead atoms. The van der Waals surface area contributed by atoms with E-state index in [-0.39, 0.29) is 0 Å². The van der Waals surface area contributed by atoms with E-state index >= 15 is 0 Å². The van der Waals surface area contributed by atoms with Crippen LogP contribution in [-0.4, -0.2) is 4.89 Å². The molecule has 0 radical (unpaired) electrons. The molecule has 0 spiro atoms. The van der Waals surface area contributed by atoms with Crippen molar-refractivity contribution in [3.63, 3.8) is 0 Å². The number of benzene rings is 2. The average molecular weight is 287 g/mol. The van der Waals surface area contributed by atoms with E-state index in [0.717, 1.165) is 10.8 Å². The van der Waals surface area contributed by atoms with E-state index in [2.05, 4.69) is 19.9 Å². The Morgan fingerprint density at radius 3 is 2.53 bits per heavy atom. The smallest absolute Gasteiger partial charge is 0.406 e. The lowest BCUT2D eigenvalue weighted by atomic mass is 10.1. The highest BCUT2D eigenvalue weighted by atomic mass is 79.9. The summed E-state index contributed by atoms with van der Waals surface area (Å²) in [4.78, 5) is 9.16. The molecule has 0 aliphatic carbocycles. The molecule has 2 aromatic rings. The minimum Gasteiger partial charge on any atom is -0.426 e. The highest BCUT2D eigenvalue weighted by Gasteiger charge is 2.07. The molecule has 2 aromatic carbocycles. The van der Waals surface area contributed by atoms with Crippen LogP contribution < -0.4 is 4.52 Å². The van der Waals surface area contributed by atoms with Crippen LogP contribution in [0.2, 0.25) is 0 Å². The van der Waals surface area contributed by atoms with Crippen LogP contribution in [0.25, 0.3) is 10.8 Å². The summed E-state index contributed by atoms with van der Waals surface area (Å²) in [5, 5.41) is 2.19. The summed E-state index contributed by atoms with van der Waals surface area (Å²) in [5.41, 5.74) is 0. The Bertz CT molecular complexity index is 463. The number of fused-ring (bicyclic) bond motifs is 1. The van der Waals surface area contributed by atoms with Crippen LogP contribution in [-0.2, 0) is 3.62 Å². The van der Waals surface area contributed by atoms with E-state index in [0.29, 0.717) is 5.75 Å². The van der Waals surface area contributed by atoms with Gasteiger partial charge in [-0.25, -0.2) is 3.62 Å². The number of hydrogen-bond donors (Lipinski definition) is 1. The number of hydrogen-bond acceptors (Lipinski definition) is 3. The fourth-order valence-corrected chi connectivity index (χ4v) is 1.83.